The molecule has 1 N–H and O–H groups in total. The van der Waals surface area contributed by atoms with E-state index >= 15 is 0 Å². The van der Waals surface area contributed by atoms with Crippen LogP contribution in [0.25, 0.3) is 10.9 Å². The second kappa shape index (κ2) is 8.91. The normalized spacial score (nSPS) is 16.3. The highest BCUT2D eigenvalue weighted by Gasteiger charge is 2.33. The average molecular weight is 474 g/mol. The van der Waals surface area contributed by atoms with Gasteiger partial charge >= 0.3 is 0 Å². The molecule has 0 radical (unpaired) electrons. The van der Waals surface area contributed by atoms with Crippen LogP contribution in [0, 0.1) is 11.3 Å². The molecule has 0 aliphatic heterocycles. The van der Waals surface area contributed by atoms with Crippen LogP contribution in [-0.4, -0.2) is 16.7 Å². The van der Waals surface area contributed by atoms with E-state index in [2.05, 4.69) is 49.0 Å². The summed E-state index contributed by atoms with van der Waals surface area (Å²) in [5, 5.41) is 5.00. The summed E-state index contributed by atoms with van der Waals surface area (Å²) in [6.07, 6.45) is 8.64. The summed E-state index contributed by atoms with van der Waals surface area (Å²) in [4.78, 5) is 19.6. The molecule has 3 heterocycles. The van der Waals surface area contributed by atoms with Crippen LogP contribution in [0.2, 0.25) is 0 Å². The number of nitrogens with one attached hydrogen (secondary N) is 1. The van der Waals surface area contributed by atoms with Crippen LogP contribution in [0.5, 0.6) is 0 Å². The topological polar surface area (TPSA) is 59.5 Å². The van der Waals surface area contributed by atoms with E-state index in [1.165, 1.54) is 16.0 Å². The third kappa shape index (κ3) is 4.34. The number of furan rings is 1. The summed E-state index contributed by atoms with van der Waals surface area (Å²) in [5.74, 6) is 1.27. The number of aliphatic imine (C=N–C) groups is 1. The molecule has 0 saturated heterocycles. The molecule has 1 aromatic carbocycles. The van der Waals surface area contributed by atoms with Gasteiger partial charge in [-0.2, -0.15) is 0 Å². The van der Waals surface area contributed by atoms with E-state index in [4.69, 9.17) is 9.41 Å². The largest absolute Gasteiger partial charge is 0.467 e. The predicted molar refractivity (Wildman–Crippen MR) is 139 cm³/mol. The summed E-state index contributed by atoms with van der Waals surface area (Å²) in [5.41, 5.74) is 4.37. The van der Waals surface area contributed by atoms with Crippen LogP contribution in [0.3, 0.4) is 0 Å². The second-order valence-corrected chi connectivity index (χ2v) is 11.3. The summed E-state index contributed by atoms with van der Waals surface area (Å²) < 4.78 is 7.51. The molecular formula is C28H31N3O2S. The first kappa shape index (κ1) is 22.7. The fraction of sp³-hybridized carbons (Fsp3) is 0.357. The number of carbonyl (C=O) groups is 1. The first-order chi connectivity index (χ1) is 16.3. The summed E-state index contributed by atoms with van der Waals surface area (Å²) in [6, 6.07) is 12.0. The van der Waals surface area contributed by atoms with Crippen molar-refractivity contribution >= 4 is 39.4 Å². The van der Waals surface area contributed by atoms with E-state index in [0.717, 1.165) is 46.5 Å². The van der Waals surface area contributed by atoms with E-state index in [1.54, 1.807) is 17.6 Å². The average Bonchev–Trinajstić information content (AvgIpc) is 3.53. The standard InChI is InChI=1S/C28H31N3O2S/c1-28(2,3)19-11-12-22-24(14-19)34-27(25(22)26(32)29-16-20-8-7-13-33-20)30-15-18-17-31(4)23-10-6-5-9-21(18)23/h5-10,13,15,17,19H,11-12,14,16H2,1-4H3,(H,29,32)/t19-/m0/s1. The first-order valence-corrected chi connectivity index (χ1v) is 12.7. The van der Waals surface area contributed by atoms with Gasteiger partial charge in [-0.1, -0.05) is 39.0 Å². The van der Waals surface area contributed by atoms with Gasteiger partial charge < -0.3 is 14.3 Å². The molecule has 176 valence electrons. The van der Waals surface area contributed by atoms with Gasteiger partial charge in [0.2, 0.25) is 0 Å². The number of carbonyl (C=O) groups excluding carboxylic acids is 1. The zero-order valence-electron chi connectivity index (χ0n) is 20.2. The number of aryl methyl sites for hydroxylation is 1. The Balaban J connectivity index is 1.50. The Kier molecular flexibility index (Phi) is 5.94. The highest BCUT2D eigenvalue weighted by Crippen LogP contribution is 2.45. The Morgan fingerprint density at radius 1 is 1.26 bits per heavy atom. The lowest BCUT2D eigenvalue weighted by Crippen LogP contribution is -2.28. The van der Waals surface area contributed by atoms with E-state index in [0.29, 0.717) is 12.5 Å². The van der Waals surface area contributed by atoms with Crippen LogP contribution < -0.4 is 5.32 Å². The number of benzene rings is 1. The summed E-state index contributed by atoms with van der Waals surface area (Å²) in [6.45, 7) is 7.31. The fourth-order valence-electron chi connectivity index (χ4n) is 4.91. The highest BCUT2D eigenvalue weighted by molar-refractivity contribution is 7.16. The minimum atomic E-state index is -0.0758. The van der Waals surface area contributed by atoms with Gasteiger partial charge in [-0.05, 0) is 54.4 Å². The third-order valence-electron chi connectivity index (χ3n) is 6.95. The van der Waals surface area contributed by atoms with Crippen molar-refractivity contribution in [2.75, 3.05) is 0 Å². The molecule has 34 heavy (non-hydrogen) atoms. The lowest BCUT2D eigenvalue weighted by molar-refractivity contribution is 0.0947. The maximum atomic E-state index is 13.4. The molecule has 0 saturated carbocycles. The number of rotatable bonds is 5. The Morgan fingerprint density at radius 2 is 2.09 bits per heavy atom. The Morgan fingerprint density at radius 3 is 2.85 bits per heavy atom. The van der Waals surface area contributed by atoms with Crippen molar-refractivity contribution in [1.29, 1.82) is 0 Å². The minimum absolute atomic E-state index is 0.0758. The number of aromatic nitrogens is 1. The van der Waals surface area contributed by atoms with Crippen molar-refractivity contribution < 1.29 is 9.21 Å². The van der Waals surface area contributed by atoms with Crippen molar-refractivity contribution in [3.05, 3.63) is 76.2 Å². The molecule has 1 aliphatic rings. The van der Waals surface area contributed by atoms with Gasteiger partial charge in [0.1, 0.15) is 10.8 Å². The minimum Gasteiger partial charge on any atom is -0.467 e. The predicted octanol–water partition coefficient (Wildman–Crippen LogP) is 6.66. The van der Waals surface area contributed by atoms with E-state index in [-0.39, 0.29) is 11.3 Å². The first-order valence-electron chi connectivity index (χ1n) is 11.8. The van der Waals surface area contributed by atoms with Crippen molar-refractivity contribution in [3.63, 3.8) is 0 Å². The number of para-hydroxylation sites is 1. The van der Waals surface area contributed by atoms with Gasteiger partial charge in [0.25, 0.3) is 5.91 Å². The van der Waals surface area contributed by atoms with Crippen molar-refractivity contribution in [3.8, 4) is 0 Å². The van der Waals surface area contributed by atoms with Crippen LogP contribution in [0.4, 0.5) is 5.00 Å². The number of thiophene rings is 1. The maximum Gasteiger partial charge on any atom is 0.255 e. The fourth-order valence-corrected chi connectivity index (χ4v) is 6.18. The smallest absolute Gasteiger partial charge is 0.255 e. The number of hydrogen-bond donors (Lipinski definition) is 1. The molecule has 0 unspecified atom stereocenters. The molecule has 5 nitrogen and oxygen atoms in total. The lowest BCUT2D eigenvalue weighted by Gasteiger charge is -2.33. The van der Waals surface area contributed by atoms with E-state index < -0.39 is 0 Å². The third-order valence-corrected chi connectivity index (χ3v) is 8.11. The van der Waals surface area contributed by atoms with Gasteiger partial charge in [0.05, 0.1) is 18.4 Å². The van der Waals surface area contributed by atoms with E-state index in [9.17, 15) is 4.79 Å². The Hall–Kier alpha value is -3.12. The summed E-state index contributed by atoms with van der Waals surface area (Å²) in [7, 11) is 2.05. The molecule has 1 amide bonds. The van der Waals surface area contributed by atoms with Crippen molar-refractivity contribution in [2.45, 2.75) is 46.6 Å². The zero-order chi connectivity index (χ0) is 23.9. The van der Waals surface area contributed by atoms with Crippen LogP contribution in [0.1, 0.15) is 59.3 Å². The van der Waals surface area contributed by atoms with Crippen LogP contribution in [-0.2, 0) is 26.4 Å². The SMILES string of the molecule is Cn1cc(C=Nc2sc3c(c2C(=O)NCc2ccco2)CC[C@H](C(C)(C)C)C3)c2ccccc21. The molecule has 1 atom stereocenters. The quantitative estimate of drug-likeness (QED) is 0.329. The lowest BCUT2D eigenvalue weighted by atomic mass is 9.72. The highest BCUT2D eigenvalue weighted by atomic mass is 32.1. The zero-order valence-corrected chi connectivity index (χ0v) is 21.0. The molecular weight excluding hydrogens is 442 g/mol. The molecule has 6 heteroatoms. The van der Waals surface area contributed by atoms with Gasteiger partial charge in [-0.15, -0.1) is 11.3 Å². The molecule has 1 aliphatic carbocycles. The summed E-state index contributed by atoms with van der Waals surface area (Å²) >= 11 is 1.68. The molecule has 5 rings (SSSR count). The van der Waals surface area contributed by atoms with Crippen LogP contribution >= 0.6 is 11.3 Å². The van der Waals surface area contributed by atoms with Gasteiger partial charge in [0.15, 0.2) is 0 Å². The number of hydrogen-bond acceptors (Lipinski definition) is 4. The number of nitrogens with zero attached hydrogens (tertiary/aromatic N) is 2. The van der Waals surface area contributed by atoms with Gasteiger partial charge in [-0.25, -0.2) is 4.99 Å². The maximum absolute atomic E-state index is 13.4. The van der Waals surface area contributed by atoms with Crippen molar-refractivity contribution in [1.82, 2.24) is 9.88 Å². The van der Waals surface area contributed by atoms with E-state index in [1.807, 2.05) is 37.5 Å². The molecule has 4 aromatic rings. The molecule has 0 bridgehead atoms. The molecule has 0 fully saturated rings. The Labute approximate surface area is 204 Å². The second-order valence-electron chi connectivity index (χ2n) is 10.2. The number of fused-ring (bicyclic) bond motifs is 2. The van der Waals surface area contributed by atoms with Gasteiger partial charge in [0, 0.05) is 40.8 Å². The van der Waals surface area contributed by atoms with Crippen LogP contribution in [0.15, 0.2) is 58.3 Å². The molecule has 3 aromatic heterocycles. The monoisotopic (exact) mass is 473 g/mol. The van der Waals surface area contributed by atoms with Crippen molar-refractivity contribution in [2.24, 2.45) is 23.4 Å². The molecule has 0 spiro atoms. The Bertz CT molecular complexity index is 1350. The van der Waals surface area contributed by atoms with Gasteiger partial charge in [-0.3, -0.25) is 4.79 Å². The number of amides is 1.